The van der Waals surface area contributed by atoms with Crippen molar-refractivity contribution >= 4 is 17.5 Å². The van der Waals surface area contributed by atoms with Crippen LogP contribution in [0.2, 0.25) is 0 Å². The van der Waals surface area contributed by atoms with Crippen molar-refractivity contribution in [2.75, 3.05) is 13.1 Å². The number of nitrogens with zero attached hydrogens (tertiary/aromatic N) is 1. The van der Waals surface area contributed by atoms with E-state index in [1.165, 1.54) is 6.92 Å². The Morgan fingerprint density at radius 2 is 1.63 bits per heavy atom. The fraction of sp³-hybridized carbons (Fsp3) is 0.591. The van der Waals surface area contributed by atoms with Crippen LogP contribution in [-0.4, -0.2) is 35.5 Å². The summed E-state index contributed by atoms with van der Waals surface area (Å²) in [6.45, 7) is 9.70. The Morgan fingerprint density at radius 3 is 2.07 bits per heavy atom. The summed E-state index contributed by atoms with van der Waals surface area (Å²) in [5, 5.41) is 0. The molecule has 2 N–H and O–H groups in total. The average Bonchev–Trinajstić information content (AvgIpc) is 2.63. The number of ketones is 2. The molecule has 0 aliphatic rings. The first-order valence-corrected chi connectivity index (χ1v) is 10.1. The highest BCUT2D eigenvalue weighted by Crippen LogP contribution is 2.29. The van der Waals surface area contributed by atoms with Gasteiger partial charge in [-0.3, -0.25) is 19.3 Å². The molecule has 0 spiro atoms. The summed E-state index contributed by atoms with van der Waals surface area (Å²) in [6, 6.07) is 5.02. The maximum Gasteiger partial charge on any atom is 0.249 e. The molecule has 1 amide bonds. The molecule has 0 bridgehead atoms. The maximum absolute atomic E-state index is 12.4. The van der Waals surface area contributed by atoms with Crippen molar-refractivity contribution in [2.45, 2.75) is 72.3 Å². The molecule has 0 saturated carbocycles. The van der Waals surface area contributed by atoms with Gasteiger partial charge in [0.05, 0.1) is 6.42 Å². The molecule has 1 aromatic rings. The molecule has 0 aliphatic carbocycles. The van der Waals surface area contributed by atoms with Crippen LogP contribution in [-0.2, 0) is 4.79 Å². The van der Waals surface area contributed by atoms with Gasteiger partial charge in [-0.15, -0.1) is 0 Å². The molecule has 0 heterocycles. The highest BCUT2D eigenvalue weighted by Gasteiger charge is 2.24. The number of rotatable bonds is 13. The third kappa shape index (κ3) is 6.90. The maximum atomic E-state index is 12.4. The first kappa shape index (κ1) is 23.0. The number of carbonyl (C=O) groups excluding carboxylic acids is 3. The fourth-order valence-electron chi connectivity index (χ4n) is 3.39. The molecular formula is C22H34N2O3. The van der Waals surface area contributed by atoms with Crippen LogP contribution in [0.3, 0.4) is 0 Å². The van der Waals surface area contributed by atoms with Crippen molar-refractivity contribution in [3.63, 3.8) is 0 Å². The predicted octanol–water partition coefficient (Wildman–Crippen LogP) is 4.30. The van der Waals surface area contributed by atoms with E-state index in [-0.39, 0.29) is 24.0 Å². The molecule has 1 rings (SSSR count). The molecule has 0 saturated heterocycles. The summed E-state index contributed by atoms with van der Waals surface area (Å²) in [7, 11) is 0. The van der Waals surface area contributed by atoms with Crippen LogP contribution in [0, 0.1) is 0 Å². The number of unbranched alkanes of at least 4 members (excludes halogenated alkanes) is 2. The van der Waals surface area contributed by atoms with E-state index >= 15 is 0 Å². The topological polar surface area (TPSA) is 80.5 Å². The molecule has 1 aromatic carbocycles. The van der Waals surface area contributed by atoms with E-state index in [0.29, 0.717) is 11.1 Å². The molecule has 1 atom stereocenters. The third-order valence-corrected chi connectivity index (χ3v) is 4.83. The molecule has 0 aliphatic heterocycles. The lowest BCUT2D eigenvalue weighted by molar-refractivity contribution is -0.116. The second-order valence-electron chi connectivity index (χ2n) is 7.14. The summed E-state index contributed by atoms with van der Waals surface area (Å²) < 4.78 is 0. The first-order valence-electron chi connectivity index (χ1n) is 10.1. The summed E-state index contributed by atoms with van der Waals surface area (Å²) in [5.41, 5.74) is 7.34. The summed E-state index contributed by atoms with van der Waals surface area (Å²) in [4.78, 5) is 38.1. The molecule has 0 radical (unpaired) electrons. The average molecular weight is 375 g/mol. The minimum absolute atomic E-state index is 0.0238. The molecule has 1 unspecified atom stereocenters. The third-order valence-electron chi connectivity index (χ3n) is 4.83. The Kier molecular flexibility index (Phi) is 9.94. The highest BCUT2D eigenvalue weighted by molar-refractivity contribution is 6.08. The largest absolute Gasteiger partial charge is 0.366 e. The number of hydrogen-bond donors (Lipinski definition) is 1. The van der Waals surface area contributed by atoms with Crippen molar-refractivity contribution in [3.8, 4) is 0 Å². The van der Waals surface area contributed by atoms with E-state index in [1.807, 2.05) is 0 Å². The van der Waals surface area contributed by atoms with Crippen LogP contribution in [0.15, 0.2) is 18.2 Å². The second-order valence-corrected chi connectivity index (χ2v) is 7.14. The number of hydrogen-bond acceptors (Lipinski definition) is 4. The number of amides is 1. The molecular weight excluding hydrogens is 340 g/mol. The molecule has 0 aromatic heterocycles. The van der Waals surface area contributed by atoms with Crippen molar-refractivity contribution in [2.24, 2.45) is 5.73 Å². The Labute approximate surface area is 163 Å². The fourth-order valence-corrected chi connectivity index (χ4v) is 3.39. The van der Waals surface area contributed by atoms with Crippen LogP contribution in [0.25, 0.3) is 0 Å². The Morgan fingerprint density at radius 1 is 1.04 bits per heavy atom. The Bertz CT molecular complexity index is 647. The van der Waals surface area contributed by atoms with Crippen molar-refractivity contribution < 1.29 is 14.4 Å². The SMILES string of the molecule is CCCCN(CCCC)C(CC)c1cc(C(=O)CC(C)=O)ccc1C(N)=O. The zero-order valence-corrected chi connectivity index (χ0v) is 17.2. The van der Waals surface area contributed by atoms with Crippen molar-refractivity contribution in [1.29, 1.82) is 0 Å². The Balaban J connectivity index is 3.33. The van der Waals surface area contributed by atoms with Gasteiger partial charge in [-0.2, -0.15) is 0 Å². The smallest absolute Gasteiger partial charge is 0.249 e. The molecule has 0 fully saturated rings. The van der Waals surface area contributed by atoms with Gasteiger partial charge in [0.2, 0.25) is 5.91 Å². The van der Waals surface area contributed by atoms with Gasteiger partial charge in [-0.1, -0.05) is 39.7 Å². The monoisotopic (exact) mass is 374 g/mol. The summed E-state index contributed by atoms with van der Waals surface area (Å²) >= 11 is 0. The zero-order chi connectivity index (χ0) is 20.4. The number of benzene rings is 1. The van der Waals surface area contributed by atoms with Crippen LogP contribution >= 0.6 is 0 Å². The van der Waals surface area contributed by atoms with Gasteiger partial charge in [0.25, 0.3) is 0 Å². The predicted molar refractivity (Wildman–Crippen MR) is 109 cm³/mol. The Hall–Kier alpha value is -2.01. The van der Waals surface area contributed by atoms with Crippen molar-refractivity contribution in [1.82, 2.24) is 4.90 Å². The first-order chi connectivity index (χ1) is 12.8. The molecule has 27 heavy (non-hydrogen) atoms. The zero-order valence-electron chi connectivity index (χ0n) is 17.2. The minimum atomic E-state index is -0.486. The van der Waals surface area contributed by atoms with Gasteiger partial charge in [0.1, 0.15) is 5.78 Å². The lowest BCUT2D eigenvalue weighted by Crippen LogP contribution is -2.32. The lowest BCUT2D eigenvalue weighted by Gasteiger charge is -2.32. The van der Waals surface area contributed by atoms with Gasteiger partial charge in [-0.05, 0) is 57.0 Å². The summed E-state index contributed by atoms with van der Waals surface area (Å²) in [6.07, 6.45) is 5.04. The van der Waals surface area contributed by atoms with E-state index in [0.717, 1.165) is 50.8 Å². The van der Waals surface area contributed by atoms with E-state index < -0.39 is 5.91 Å². The van der Waals surface area contributed by atoms with Gasteiger partial charge < -0.3 is 5.73 Å². The van der Waals surface area contributed by atoms with Gasteiger partial charge >= 0.3 is 0 Å². The van der Waals surface area contributed by atoms with Gasteiger partial charge in [0.15, 0.2) is 5.78 Å². The van der Waals surface area contributed by atoms with Gasteiger partial charge in [-0.25, -0.2) is 0 Å². The summed E-state index contributed by atoms with van der Waals surface area (Å²) in [5.74, 6) is -0.872. The van der Waals surface area contributed by atoms with Crippen LogP contribution < -0.4 is 5.73 Å². The quantitative estimate of drug-likeness (QED) is 0.412. The molecule has 150 valence electrons. The number of carbonyl (C=O) groups is 3. The van der Waals surface area contributed by atoms with Crippen LogP contribution in [0.5, 0.6) is 0 Å². The van der Waals surface area contributed by atoms with E-state index in [2.05, 4.69) is 25.7 Å². The second kappa shape index (κ2) is 11.7. The van der Waals surface area contributed by atoms with E-state index in [9.17, 15) is 14.4 Å². The van der Waals surface area contributed by atoms with Crippen LogP contribution in [0.4, 0.5) is 0 Å². The van der Waals surface area contributed by atoms with Gasteiger partial charge in [0, 0.05) is 17.2 Å². The standard InChI is InChI=1S/C22H34N2O3/c1-5-8-12-24(13-9-6-2)20(7-3)19-15-17(21(26)14-16(4)25)10-11-18(19)22(23)27/h10-11,15,20H,5-9,12-14H2,1-4H3,(H2,23,27). The van der Waals surface area contributed by atoms with Crippen molar-refractivity contribution in [3.05, 3.63) is 34.9 Å². The number of Topliss-reactive ketones (excluding diaryl/α,β-unsaturated/α-hetero) is 2. The van der Waals surface area contributed by atoms with E-state index in [1.54, 1.807) is 18.2 Å². The normalized spacial score (nSPS) is 12.2. The number of primary amides is 1. The van der Waals surface area contributed by atoms with E-state index in [4.69, 9.17) is 5.73 Å². The minimum Gasteiger partial charge on any atom is -0.366 e. The highest BCUT2D eigenvalue weighted by atomic mass is 16.1. The molecule has 5 nitrogen and oxygen atoms in total. The lowest BCUT2D eigenvalue weighted by atomic mass is 9.92. The molecule has 5 heteroatoms. The number of nitrogens with two attached hydrogens (primary N) is 1. The van der Waals surface area contributed by atoms with Crippen LogP contribution in [0.1, 0.15) is 98.5 Å².